The average molecular weight is 932 g/mol. The minimum Gasteiger partial charge on any atom is -0.460 e. The summed E-state index contributed by atoms with van der Waals surface area (Å²) in [5.41, 5.74) is 1.74. The fourth-order valence-corrected chi connectivity index (χ4v) is 8.49. The van der Waals surface area contributed by atoms with E-state index in [-0.39, 0.29) is 67.8 Å². The third-order valence-corrected chi connectivity index (χ3v) is 12.4. The summed E-state index contributed by atoms with van der Waals surface area (Å²) < 4.78 is 17.3. The Hall–Kier alpha value is -3.77. The zero-order valence-electron chi connectivity index (χ0n) is 42.6. The maximum Gasteiger partial charge on any atom is 0.329 e. The van der Waals surface area contributed by atoms with Gasteiger partial charge in [0.1, 0.15) is 23.7 Å². The zero-order chi connectivity index (χ0) is 51.0. The number of Topliss-reactive ketones (excluding diaryl/α,β-unsaturated/α-hetero) is 3. The number of likely N-dealkylation sites (tertiary alicyclic amines) is 1. The first-order valence-corrected chi connectivity index (χ1v) is 24.0. The van der Waals surface area contributed by atoms with Gasteiger partial charge in [-0.15, -0.1) is 12.8 Å². The molecule has 2 heterocycles. The first-order valence-electron chi connectivity index (χ1n) is 24.0. The Morgan fingerprint density at radius 3 is 2.14 bits per heavy atom. The summed E-state index contributed by atoms with van der Waals surface area (Å²) >= 11 is 0. The van der Waals surface area contributed by atoms with Crippen molar-refractivity contribution in [3.8, 4) is 12.8 Å². The van der Waals surface area contributed by atoms with Crippen molar-refractivity contribution in [2.75, 3.05) is 34.5 Å². The molecule has 1 saturated carbocycles. The van der Waals surface area contributed by atoms with Crippen LogP contribution in [0.15, 0.2) is 47.6 Å². The highest BCUT2D eigenvalue weighted by molar-refractivity contribution is 6.39. The van der Waals surface area contributed by atoms with Crippen molar-refractivity contribution in [1.82, 2.24) is 4.90 Å². The smallest absolute Gasteiger partial charge is 0.329 e. The molecule has 0 unspecified atom stereocenters. The lowest BCUT2D eigenvalue weighted by Crippen LogP contribution is -2.59. The van der Waals surface area contributed by atoms with E-state index in [1.54, 1.807) is 27.0 Å². The molecule has 378 valence electrons. The van der Waals surface area contributed by atoms with E-state index in [0.29, 0.717) is 56.4 Å². The molecular weight excluding hydrogens is 843 g/mol. The first-order chi connectivity index (χ1) is 31.5. The number of carbonyl (C=O) groups excluding carboxylic acids is 5. The van der Waals surface area contributed by atoms with Gasteiger partial charge in [-0.1, -0.05) is 96.4 Å². The van der Waals surface area contributed by atoms with Gasteiger partial charge < -0.3 is 39.5 Å². The molecule has 0 radical (unpaired) electrons. The Labute approximate surface area is 398 Å². The van der Waals surface area contributed by atoms with Crippen LogP contribution in [-0.4, -0.2) is 119 Å². The summed E-state index contributed by atoms with van der Waals surface area (Å²) in [7, 11) is 3.72. The van der Waals surface area contributed by atoms with Crippen LogP contribution >= 0.6 is 0 Å². The molecule has 13 heteroatoms. The normalized spacial score (nSPS) is 24.1. The fourth-order valence-electron chi connectivity index (χ4n) is 8.49. The number of ketones is 3. The molecular formula is C53H89NO12. The summed E-state index contributed by atoms with van der Waals surface area (Å²) in [4.78, 5) is 68.8. The van der Waals surface area contributed by atoms with E-state index in [1.807, 2.05) is 65.8 Å². The van der Waals surface area contributed by atoms with E-state index in [1.165, 1.54) is 10.5 Å². The minimum absolute atomic E-state index is 0.00994. The molecule has 4 N–H and O–H groups in total. The minimum atomic E-state index is -2.24. The van der Waals surface area contributed by atoms with Gasteiger partial charge in [0.2, 0.25) is 5.79 Å². The van der Waals surface area contributed by atoms with Crippen LogP contribution in [0, 0.1) is 42.4 Å². The molecule has 1 amide bonds. The van der Waals surface area contributed by atoms with Gasteiger partial charge in [-0.05, 0) is 102 Å². The molecule has 0 aromatic rings. The maximum atomic E-state index is 14.0. The van der Waals surface area contributed by atoms with Crippen molar-refractivity contribution in [3.63, 3.8) is 0 Å². The Bertz CT molecular complexity index is 1560. The van der Waals surface area contributed by atoms with Crippen molar-refractivity contribution >= 4 is 29.2 Å². The van der Waals surface area contributed by atoms with Crippen molar-refractivity contribution in [3.05, 3.63) is 47.6 Å². The number of esters is 1. The van der Waals surface area contributed by atoms with E-state index in [0.717, 1.165) is 39.9 Å². The molecule has 0 aromatic carbocycles. The summed E-state index contributed by atoms with van der Waals surface area (Å²) in [5, 5.41) is 36.0. The molecule has 3 aliphatic rings. The second kappa shape index (κ2) is 36.3. The van der Waals surface area contributed by atoms with Gasteiger partial charge in [0.15, 0.2) is 0 Å². The third kappa shape index (κ3) is 22.8. The number of amides is 1. The predicted molar refractivity (Wildman–Crippen MR) is 262 cm³/mol. The van der Waals surface area contributed by atoms with Gasteiger partial charge in [-0.25, -0.2) is 4.79 Å². The number of hydrogen-bond donors (Lipinski definition) is 4. The van der Waals surface area contributed by atoms with Gasteiger partial charge in [-0.2, -0.15) is 0 Å². The molecule has 66 heavy (non-hydrogen) atoms. The molecule has 0 aromatic heterocycles. The molecule has 3 rings (SSSR count). The van der Waals surface area contributed by atoms with Crippen LogP contribution in [0.5, 0.6) is 0 Å². The third-order valence-electron chi connectivity index (χ3n) is 12.4. The van der Waals surface area contributed by atoms with E-state index in [4.69, 9.17) is 24.4 Å². The lowest BCUT2D eigenvalue weighted by Gasteiger charge is -2.39. The molecule has 2 aliphatic heterocycles. The molecule has 3 fully saturated rings. The Morgan fingerprint density at radius 1 is 0.879 bits per heavy atom. The number of piperidine rings is 1. The Kier molecular flexibility index (Phi) is 35.4. The average Bonchev–Trinajstić information content (AvgIpc) is 3.33. The van der Waals surface area contributed by atoms with Crippen molar-refractivity contribution in [2.45, 2.75) is 182 Å². The number of hydrogen-bond acceptors (Lipinski definition) is 12. The number of aliphatic hydroxyl groups excluding tert-OH is 3. The van der Waals surface area contributed by atoms with Gasteiger partial charge in [-0.3, -0.25) is 19.2 Å². The standard InChI is InChI=1S/C47H73NO10.C2H6.C2H2.2CH4O/c1-31(2)16-10-9-11-17-32(3)26-34(5)42(51)30-41(50)33(4)22-23-38(49)29-43(35(6)27-37-19-14-20-39(28-37)56-8)58-46(54)40-21-12-13-24-48(40)45(53)44(52)47(55)36(7)18-15-25-57-47;4*1-2/h9-11,16-17,22,32,34-37,39-41,43,50,55H,12-15,18-21,23-30H2,1-8H3;1-2H3;1-2H;2*2H,1H3/b10-9+,17-11+,33-22+;;;;/t32-,34-,35-,36-,37+,39+,40+,41+,43+,47-;;;;/m1..../s1. The van der Waals surface area contributed by atoms with Gasteiger partial charge in [0.05, 0.1) is 18.8 Å². The fraction of sp³-hybridized carbons (Fsp3) is 0.717. The van der Waals surface area contributed by atoms with Crippen molar-refractivity contribution < 1.29 is 58.6 Å². The number of ether oxygens (including phenoxy) is 3. The predicted octanol–water partition coefficient (Wildman–Crippen LogP) is 8.06. The van der Waals surface area contributed by atoms with Gasteiger partial charge in [0.25, 0.3) is 11.7 Å². The van der Waals surface area contributed by atoms with Gasteiger partial charge >= 0.3 is 5.97 Å². The highest BCUT2D eigenvalue weighted by atomic mass is 16.6. The van der Waals surface area contributed by atoms with Gasteiger partial charge in [0, 0.05) is 59.0 Å². The Morgan fingerprint density at radius 2 is 1.53 bits per heavy atom. The molecule has 2 saturated heterocycles. The highest BCUT2D eigenvalue weighted by Gasteiger charge is 2.51. The van der Waals surface area contributed by atoms with E-state index in [9.17, 15) is 34.2 Å². The van der Waals surface area contributed by atoms with Crippen LogP contribution in [0.3, 0.4) is 0 Å². The van der Waals surface area contributed by atoms with Crippen molar-refractivity contribution in [2.24, 2.45) is 29.6 Å². The summed E-state index contributed by atoms with van der Waals surface area (Å²) in [5.74, 6) is -5.69. The molecule has 0 spiro atoms. The van der Waals surface area contributed by atoms with Crippen LogP contribution in [0.1, 0.15) is 152 Å². The lowest BCUT2D eigenvalue weighted by molar-refractivity contribution is -0.241. The topological polar surface area (TPSA) is 197 Å². The summed E-state index contributed by atoms with van der Waals surface area (Å²) in [6.07, 6.45) is 25.9. The zero-order valence-corrected chi connectivity index (χ0v) is 42.6. The quantitative estimate of drug-likeness (QED) is 0.0285. The lowest BCUT2D eigenvalue weighted by atomic mass is 9.79. The van der Waals surface area contributed by atoms with Crippen LogP contribution in [0.25, 0.3) is 0 Å². The first kappa shape index (κ1) is 64.3. The largest absolute Gasteiger partial charge is 0.460 e. The summed E-state index contributed by atoms with van der Waals surface area (Å²) in [6.45, 7) is 17.7. The SMILES string of the molecule is C#C.CC.CO.CO.CO[C@H]1CCC[C@@H](C[C@@H](C)[C@H](CC(=O)C/C=C(\C)[C@@H](O)CC(=O)[C@H](C)C[C@H](C)/C=C/C=C/C=C(C)C)OC(=O)[C@@H]2CCCCN2C(=O)C(=O)[C@]2(O)OCCC[C@H]2C)C1. The number of nitrogens with zero attached hydrogens (tertiary/aromatic N) is 1. The van der Waals surface area contributed by atoms with Crippen LogP contribution in [0.2, 0.25) is 0 Å². The van der Waals surface area contributed by atoms with Crippen molar-refractivity contribution in [1.29, 1.82) is 0 Å². The van der Waals surface area contributed by atoms with E-state index < -0.39 is 47.6 Å². The van der Waals surface area contributed by atoms with E-state index >= 15 is 0 Å². The molecule has 13 nitrogen and oxygen atoms in total. The highest BCUT2D eigenvalue weighted by Crippen LogP contribution is 2.34. The Balaban J connectivity index is 0. The number of methoxy groups -OCH3 is 1. The molecule has 10 atom stereocenters. The number of carbonyl (C=O) groups is 5. The van der Waals surface area contributed by atoms with E-state index in [2.05, 4.69) is 25.8 Å². The number of rotatable bonds is 21. The monoisotopic (exact) mass is 932 g/mol. The number of terminal acetylenes is 1. The van der Waals surface area contributed by atoms with Crippen LogP contribution in [-0.2, 0) is 38.2 Å². The molecule has 0 bridgehead atoms. The maximum absolute atomic E-state index is 14.0. The number of aliphatic hydroxyl groups is 4. The van der Waals surface area contributed by atoms with Crippen LogP contribution in [0.4, 0.5) is 0 Å². The number of allylic oxidation sites excluding steroid dienone is 7. The second-order valence-corrected chi connectivity index (χ2v) is 17.7. The second-order valence-electron chi connectivity index (χ2n) is 17.7. The molecule has 1 aliphatic carbocycles. The summed E-state index contributed by atoms with van der Waals surface area (Å²) in [6, 6.07) is -1.04. The van der Waals surface area contributed by atoms with Crippen LogP contribution < -0.4 is 0 Å².